The largest absolute Gasteiger partial charge is 0.494 e. The Balaban J connectivity index is 1.40. The van der Waals surface area contributed by atoms with Crippen molar-refractivity contribution >= 4 is 23.3 Å². The molecule has 1 saturated heterocycles. The Morgan fingerprint density at radius 3 is 2.45 bits per heavy atom. The first kappa shape index (κ1) is 20.5. The summed E-state index contributed by atoms with van der Waals surface area (Å²) in [5.74, 6) is 0.753. The molecule has 1 aliphatic rings. The molecule has 1 fully saturated rings. The van der Waals surface area contributed by atoms with Gasteiger partial charge in [-0.3, -0.25) is 4.79 Å². The predicted octanol–water partition coefficient (Wildman–Crippen LogP) is 4.68. The monoisotopic (exact) mass is 415 g/mol. The molecule has 1 atom stereocenters. The smallest absolute Gasteiger partial charge is 0.319 e. The molecule has 2 N–H and O–H groups in total. The van der Waals surface area contributed by atoms with E-state index in [1.807, 2.05) is 85.8 Å². The molecule has 6 heteroatoms. The maximum Gasteiger partial charge on any atom is 0.319 e. The zero-order valence-corrected chi connectivity index (χ0v) is 17.4. The second-order valence-electron chi connectivity index (χ2n) is 7.34. The number of rotatable bonds is 6. The van der Waals surface area contributed by atoms with E-state index >= 15 is 0 Å². The summed E-state index contributed by atoms with van der Waals surface area (Å²) in [5.41, 5.74) is 3.49. The number of carbonyl (C=O) groups is 2. The average molecular weight is 415 g/mol. The lowest BCUT2D eigenvalue weighted by Gasteiger charge is -2.18. The van der Waals surface area contributed by atoms with Crippen molar-refractivity contribution in [2.45, 2.75) is 19.4 Å². The van der Waals surface area contributed by atoms with Crippen LogP contribution in [0.3, 0.4) is 0 Å². The highest BCUT2D eigenvalue weighted by Crippen LogP contribution is 2.28. The lowest BCUT2D eigenvalue weighted by Crippen LogP contribution is -2.39. The minimum Gasteiger partial charge on any atom is -0.494 e. The van der Waals surface area contributed by atoms with E-state index in [1.54, 1.807) is 4.90 Å². The van der Waals surface area contributed by atoms with Gasteiger partial charge in [-0.2, -0.15) is 0 Å². The summed E-state index contributed by atoms with van der Waals surface area (Å²) >= 11 is 0. The van der Waals surface area contributed by atoms with Crippen molar-refractivity contribution in [2.24, 2.45) is 0 Å². The normalized spacial score (nSPS) is 15.6. The standard InChI is InChI=1S/C25H25N3O3/c1-2-31-21-14-12-20(13-15-21)28-17-19(16-24(28)29)26-25(30)27-23-11-7-6-10-22(23)18-8-4-3-5-9-18/h3-15,19H,2,16-17H2,1H3,(H2,26,27,30)/t19-/m1/s1. The highest BCUT2D eigenvalue weighted by Gasteiger charge is 2.31. The van der Waals surface area contributed by atoms with Crippen molar-refractivity contribution < 1.29 is 14.3 Å². The van der Waals surface area contributed by atoms with Crippen LogP contribution in [0, 0.1) is 0 Å². The van der Waals surface area contributed by atoms with Crippen molar-refractivity contribution in [3.8, 4) is 16.9 Å². The molecule has 0 aromatic heterocycles. The van der Waals surface area contributed by atoms with Gasteiger partial charge < -0.3 is 20.3 Å². The van der Waals surface area contributed by atoms with Gasteiger partial charge in [0.15, 0.2) is 0 Å². The van der Waals surface area contributed by atoms with Gasteiger partial charge in [-0.1, -0.05) is 48.5 Å². The van der Waals surface area contributed by atoms with E-state index in [1.165, 1.54) is 0 Å². The van der Waals surface area contributed by atoms with Crippen LogP contribution in [-0.2, 0) is 4.79 Å². The van der Waals surface area contributed by atoms with E-state index in [2.05, 4.69) is 10.6 Å². The average Bonchev–Trinajstić information content (AvgIpc) is 3.15. The topological polar surface area (TPSA) is 70.7 Å². The summed E-state index contributed by atoms with van der Waals surface area (Å²) in [6.45, 7) is 2.95. The second kappa shape index (κ2) is 9.34. The number of nitrogens with zero attached hydrogens (tertiary/aromatic N) is 1. The summed E-state index contributed by atoms with van der Waals surface area (Å²) in [6.07, 6.45) is 0.265. The third-order valence-electron chi connectivity index (χ3n) is 5.18. The number of urea groups is 1. The third-order valence-corrected chi connectivity index (χ3v) is 5.18. The van der Waals surface area contributed by atoms with Crippen LogP contribution in [-0.4, -0.2) is 31.1 Å². The van der Waals surface area contributed by atoms with Crippen molar-refractivity contribution in [1.29, 1.82) is 0 Å². The third kappa shape index (κ3) is 4.86. The van der Waals surface area contributed by atoms with Crippen LogP contribution in [0.25, 0.3) is 11.1 Å². The van der Waals surface area contributed by atoms with Gasteiger partial charge in [0, 0.05) is 24.2 Å². The molecule has 6 nitrogen and oxygen atoms in total. The zero-order valence-electron chi connectivity index (χ0n) is 17.4. The second-order valence-corrected chi connectivity index (χ2v) is 7.34. The highest BCUT2D eigenvalue weighted by molar-refractivity contribution is 5.98. The maximum absolute atomic E-state index is 12.6. The molecular formula is C25H25N3O3. The van der Waals surface area contributed by atoms with Gasteiger partial charge in [0.05, 0.1) is 18.3 Å². The number of ether oxygens (including phenoxy) is 1. The minimum atomic E-state index is -0.324. The molecular weight excluding hydrogens is 390 g/mol. The first-order valence-corrected chi connectivity index (χ1v) is 10.4. The van der Waals surface area contributed by atoms with Crippen molar-refractivity contribution in [3.63, 3.8) is 0 Å². The fourth-order valence-electron chi connectivity index (χ4n) is 3.75. The summed E-state index contributed by atoms with van der Waals surface area (Å²) in [6, 6.07) is 24.4. The number of benzene rings is 3. The fourth-order valence-corrected chi connectivity index (χ4v) is 3.75. The molecule has 0 bridgehead atoms. The van der Waals surface area contributed by atoms with E-state index < -0.39 is 0 Å². The summed E-state index contributed by atoms with van der Waals surface area (Å²) in [5, 5.41) is 5.86. The molecule has 0 unspecified atom stereocenters. The molecule has 0 aliphatic carbocycles. The van der Waals surface area contributed by atoms with Crippen LogP contribution in [0.5, 0.6) is 5.75 Å². The van der Waals surface area contributed by atoms with Crippen LogP contribution in [0.4, 0.5) is 16.2 Å². The lowest BCUT2D eigenvalue weighted by molar-refractivity contribution is -0.117. The van der Waals surface area contributed by atoms with Gasteiger partial charge in [0.25, 0.3) is 0 Å². The van der Waals surface area contributed by atoms with Crippen LogP contribution >= 0.6 is 0 Å². The van der Waals surface area contributed by atoms with E-state index in [-0.39, 0.29) is 24.4 Å². The molecule has 4 rings (SSSR count). The van der Waals surface area contributed by atoms with Crippen molar-refractivity contribution in [1.82, 2.24) is 5.32 Å². The summed E-state index contributed by atoms with van der Waals surface area (Å²) in [7, 11) is 0. The van der Waals surface area contributed by atoms with E-state index in [0.29, 0.717) is 13.2 Å². The minimum absolute atomic E-state index is 0.0147. The Morgan fingerprint density at radius 2 is 1.71 bits per heavy atom. The Labute approximate surface area is 181 Å². The number of hydrogen-bond acceptors (Lipinski definition) is 3. The van der Waals surface area contributed by atoms with E-state index in [9.17, 15) is 9.59 Å². The first-order valence-electron chi connectivity index (χ1n) is 10.4. The maximum atomic E-state index is 12.6. The molecule has 3 aromatic rings. The molecule has 3 aromatic carbocycles. The van der Waals surface area contributed by atoms with Gasteiger partial charge in [0.1, 0.15) is 5.75 Å². The number of para-hydroxylation sites is 1. The van der Waals surface area contributed by atoms with Crippen molar-refractivity contribution in [2.75, 3.05) is 23.4 Å². The molecule has 1 heterocycles. The van der Waals surface area contributed by atoms with Crippen LogP contribution in [0.15, 0.2) is 78.9 Å². The number of anilines is 2. The number of hydrogen-bond donors (Lipinski definition) is 2. The molecule has 0 saturated carbocycles. The number of carbonyl (C=O) groups excluding carboxylic acids is 2. The van der Waals surface area contributed by atoms with Crippen LogP contribution < -0.4 is 20.3 Å². The molecule has 158 valence electrons. The van der Waals surface area contributed by atoms with Crippen LogP contribution in [0.1, 0.15) is 13.3 Å². The summed E-state index contributed by atoms with van der Waals surface area (Å²) < 4.78 is 5.45. The number of nitrogens with one attached hydrogen (secondary N) is 2. The Kier molecular flexibility index (Phi) is 6.17. The van der Waals surface area contributed by atoms with Gasteiger partial charge >= 0.3 is 6.03 Å². The SMILES string of the molecule is CCOc1ccc(N2C[C@H](NC(=O)Nc3ccccc3-c3ccccc3)CC2=O)cc1. The Hall–Kier alpha value is -3.80. The molecule has 0 radical (unpaired) electrons. The van der Waals surface area contributed by atoms with E-state index in [0.717, 1.165) is 28.3 Å². The Bertz CT molecular complexity index is 1050. The van der Waals surface area contributed by atoms with Gasteiger partial charge in [-0.05, 0) is 42.8 Å². The zero-order chi connectivity index (χ0) is 21.6. The lowest BCUT2D eigenvalue weighted by atomic mass is 10.0. The van der Waals surface area contributed by atoms with Gasteiger partial charge in [-0.15, -0.1) is 0 Å². The molecule has 0 spiro atoms. The molecule has 1 aliphatic heterocycles. The molecule has 31 heavy (non-hydrogen) atoms. The van der Waals surface area contributed by atoms with Gasteiger partial charge in [0.2, 0.25) is 5.91 Å². The van der Waals surface area contributed by atoms with E-state index in [4.69, 9.17) is 4.74 Å². The summed E-state index contributed by atoms with van der Waals surface area (Å²) in [4.78, 5) is 26.8. The highest BCUT2D eigenvalue weighted by atomic mass is 16.5. The van der Waals surface area contributed by atoms with Gasteiger partial charge in [-0.25, -0.2) is 4.79 Å². The number of amides is 3. The predicted molar refractivity (Wildman–Crippen MR) is 122 cm³/mol. The van der Waals surface area contributed by atoms with Crippen LogP contribution in [0.2, 0.25) is 0 Å². The molecule has 3 amide bonds. The first-order chi connectivity index (χ1) is 15.1. The van der Waals surface area contributed by atoms with Crippen molar-refractivity contribution in [3.05, 3.63) is 78.9 Å². The fraction of sp³-hybridized carbons (Fsp3) is 0.200. The quantitative estimate of drug-likeness (QED) is 0.614. The Morgan fingerprint density at radius 1 is 1.00 bits per heavy atom.